The number of hydrogen-bond donors (Lipinski definition) is 0. The first-order chi connectivity index (χ1) is 12.0. The molecule has 0 aliphatic carbocycles. The fourth-order valence-corrected chi connectivity index (χ4v) is 4.88. The summed E-state index contributed by atoms with van der Waals surface area (Å²) in [6, 6.07) is 14.7. The summed E-state index contributed by atoms with van der Waals surface area (Å²) in [6.07, 6.45) is 8.16. The van der Waals surface area contributed by atoms with E-state index in [0.717, 1.165) is 42.5 Å². The van der Waals surface area contributed by atoms with Crippen LogP contribution < -0.4 is 4.31 Å². The molecule has 25 heavy (non-hydrogen) atoms. The molecule has 1 atom stereocenters. The van der Waals surface area contributed by atoms with Gasteiger partial charge in [-0.25, -0.2) is 8.42 Å². The molecule has 1 heterocycles. The van der Waals surface area contributed by atoms with E-state index in [2.05, 4.69) is 19.1 Å². The maximum atomic E-state index is 13.3. The Kier molecular flexibility index (Phi) is 5.28. The average molecular weight is 356 g/mol. The lowest BCUT2D eigenvalue weighted by Crippen LogP contribution is -2.36. The summed E-state index contributed by atoms with van der Waals surface area (Å²) >= 11 is 0. The van der Waals surface area contributed by atoms with E-state index in [-0.39, 0.29) is 6.04 Å². The van der Waals surface area contributed by atoms with Gasteiger partial charge >= 0.3 is 0 Å². The van der Waals surface area contributed by atoms with E-state index in [1.54, 1.807) is 16.4 Å². The lowest BCUT2D eigenvalue weighted by Gasteiger charge is -2.25. The van der Waals surface area contributed by atoms with Crippen molar-refractivity contribution in [1.29, 1.82) is 0 Å². The number of fused-ring (bicyclic) bond motifs is 1. The van der Waals surface area contributed by atoms with Crippen LogP contribution in [0.2, 0.25) is 0 Å². The third kappa shape index (κ3) is 3.64. The summed E-state index contributed by atoms with van der Waals surface area (Å²) < 4.78 is 28.2. The van der Waals surface area contributed by atoms with Crippen molar-refractivity contribution in [2.45, 2.75) is 50.5 Å². The highest BCUT2D eigenvalue weighted by atomic mass is 32.2. The zero-order chi connectivity index (χ0) is 17.9. The number of anilines is 1. The molecule has 2 aromatic rings. The van der Waals surface area contributed by atoms with Crippen LogP contribution in [-0.2, 0) is 16.4 Å². The van der Waals surface area contributed by atoms with Gasteiger partial charge in [-0.3, -0.25) is 4.31 Å². The van der Waals surface area contributed by atoms with Gasteiger partial charge in [0.25, 0.3) is 10.0 Å². The fraction of sp³-hybridized carbons (Fsp3) is 0.333. The van der Waals surface area contributed by atoms with Crippen LogP contribution in [0, 0.1) is 6.92 Å². The van der Waals surface area contributed by atoms with Gasteiger partial charge in [-0.05, 0) is 43.5 Å². The molecule has 2 aromatic carbocycles. The number of aryl methyl sites for hydroxylation is 1. The Morgan fingerprint density at radius 1 is 1.12 bits per heavy atom. The van der Waals surface area contributed by atoms with E-state index in [1.165, 1.54) is 0 Å². The molecule has 0 spiro atoms. The van der Waals surface area contributed by atoms with E-state index in [0.29, 0.717) is 4.90 Å². The fourth-order valence-electron chi connectivity index (χ4n) is 3.24. The molecule has 3 nitrogen and oxygen atoms in total. The maximum Gasteiger partial charge on any atom is 0.264 e. The minimum Gasteiger partial charge on any atom is -0.259 e. The number of hydrogen-bond acceptors (Lipinski definition) is 2. The van der Waals surface area contributed by atoms with Crippen molar-refractivity contribution in [1.82, 2.24) is 0 Å². The van der Waals surface area contributed by atoms with Gasteiger partial charge in [0.15, 0.2) is 0 Å². The van der Waals surface area contributed by atoms with Gasteiger partial charge in [-0.15, -0.1) is 0 Å². The van der Waals surface area contributed by atoms with Crippen molar-refractivity contribution in [3.8, 4) is 0 Å². The van der Waals surface area contributed by atoms with Crippen LogP contribution in [0.1, 0.15) is 37.3 Å². The van der Waals surface area contributed by atoms with Crippen molar-refractivity contribution >= 4 is 15.7 Å². The minimum atomic E-state index is -3.58. The molecule has 132 valence electrons. The second kappa shape index (κ2) is 7.44. The molecule has 4 heteroatoms. The molecule has 0 saturated heterocycles. The summed E-state index contributed by atoms with van der Waals surface area (Å²) in [5, 5.41) is 0. The summed E-state index contributed by atoms with van der Waals surface area (Å²) in [5.41, 5.74) is 2.94. The molecule has 1 aliphatic heterocycles. The summed E-state index contributed by atoms with van der Waals surface area (Å²) in [5.74, 6) is 0. The standard InChI is InChI=1S/C21H25NO2S/c1-3-4-5-6-10-19-16-18-9-7-8-11-21(18)22(19)25(23,24)20-14-12-17(2)13-15-20/h6-15,19H,3-5,16H2,1-2H3/b10-6+. The SMILES string of the molecule is CCCC/C=C/C1Cc2ccccc2N1S(=O)(=O)c1ccc(C)cc1. The summed E-state index contributed by atoms with van der Waals surface area (Å²) in [6.45, 7) is 4.12. The van der Waals surface area contributed by atoms with E-state index in [9.17, 15) is 8.42 Å². The van der Waals surface area contributed by atoms with E-state index in [4.69, 9.17) is 0 Å². The number of sulfonamides is 1. The Labute approximate surface area is 151 Å². The maximum absolute atomic E-state index is 13.3. The number of rotatable bonds is 6. The molecule has 0 aromatic heterocycles. The molecule has 1 unspecified atom stereocenters. The van der Waals surface area contributed by atoms with Crippen molar-refractivity contribution in [3.63, 3.8) is 0 Å². The zero-order valence-electron chi connectivity index (χ0n) is 14.9. The van der Waals surface area contributed by atoms with Crippen LogP contribution in [0.15, 0.2) is 65.6 Å². The number of benzene rings is 2. The average Bonchev–Trinajstić information content (AvgIpc) is 2.98. The highest BCUT2D eigenvalue weighted by Crippen LogP contribution is 2.37. The van der Waals surface area contributed by atoms with E-state index in [1.807, 2.05) is 43.3 Å². The molecule has 1 aliphatic rings. The normalized spacial score (nSPS) is 17.2. The molecular formula is C21H25NO2S. The van der Waals surface area contributed by atoms with Gasteiger partial charge in [0, 0.05) is 0 Å². The smallest absolute Gasteiger partial charge is 0.259 e. The predicted molar refractivity (Wildman–Crippen MR) is 103 cm³/mol. The third-order valence-corrected chi connectivity index (χ3v) is 6.47. The first-order valence-electron chi connectivity index (χ1n) is 8.89. The van der Waals surface area contributed by atoms with Gasteiger partial charge in [0.2, 0.25) is 0 Å². The number of allylic oxidation sites excluding steroid dienone is 1. The molecule has 0 amide bonds. The van der Waals surface area contributed by atoms with Crippen LogP contribution in [0.25, 0.3) is 0 Å². The second-order valence-electron chi connectivity index (χ2n) is 6.58. The monoisotopic (exact) mass is 355 g/mol. The molecule has 0 fully saturated rings. The third-order valence-electron chi connectivity index (χ3n) is 4.62. The second-order valence-corrected chi connectivity index (χ2v) is 8.40. The van der Waals surface area contributed by atoms with Gasteiger partial charge in [-0.1, -0.05) is 67.8 Å². The Morgan fingerprint density at radius 2 is 1.84 bits per heavy atom. The van der Waals surface area contributed by atoms with Crippen molar-refractivity contribution < 1.29 is 8.42 Å². The van der Waals surface area contributed by atoms with Crippen LogP contribution in [-0.4, -0.2) is 14.5 Å². The first kappa shape index (κ1) is 17.7. The minimum absolute atomic E-state index is 0.152. The lowest BCUT2D eigenvalue weighted by atomic mass is 10.1. The highest BCUT2D eigenvalue weighted by molar-refractivity contribution is 7.92. The van der Waals surface area contributed by atoms with E-state index >= 15 is 0 Å². The Bertz CT molecular complexity index is 854. The molecule has 0 N–H and O–H groups in total. The molecule has 3 rings (SSSR count). The number of para-hydroxylation sites is 1. The molecule has 0 bridgehead atoms. The zero-order valence-corrected chi connectivity index (χ0v) is 15.7. The highest BCUT2D eigenvalue weighted by Gasteiger charge is 2.36. The molecular weight excluding hydrogens is 330 g/mol. The van der Waals surface area contributed by atoms with Gasteiger partial charge in [0.05, 0.1) is 16.6 Å². The van der Waals surface area contributed by atoms with Gasteiger partial charge in [-0.2, -0.15) is 0 Å². The van der Waals surface area contributed by atoms with Gasteiger partial charge in [0.1, 0.15) is 0 Å². The largest absolute Gasteiger partial charge is 0.264 e. The Hall–Kier alpha value is -2.07. The summed E-state index contributed by atoms with van der Waals surface area (Å²) in [4.78, 5) is 0.349. The van der Waals surface area contributed by atoms with Crippen LogP contribution in [0.5, 0.6) is 0 Å². The van der Waals surface area contributed by atoms with Crippen LogP contribution in [0.3, 0.4) is 0 Å². The quantitative estimate of drug-likeness (QED) is 0.548. The number of nitrogens with zero attached hydrogens (tertiary/aromatic N) is 1. The van der Waals surface area contributed by atoms with Crippen molar-refractivity contribution in [2.24, 2.45) is 0 Å². The summed E-state index contributed by atoms with van der Waals surface area (Å²) in [7, 11) is -3.58. The van der Waals surface area contributed by atoms with Crippen molar-refractivity contribution in [2.75, 3.05) is 4.31 Å². The first-order valence-corrected chi connectivity index (χ1v) is 10.3. The molecule has 0 saturated carbocycles. The molecule has 0 radical (unpaired) electrons. The lowest BCUT2D eigenvalue weighted by molar-refractivity contribution is 0.587. The Morgan fingerprint density at radius 3 is 2.56 bits per heavy atom. The van der Waals surface area contributed by atoms with Crippen LogP contribution >= 0.6 is 0 Å². The van der Waals surface area contributed by atoms with Crippen molar-refractivity contribution in [3.05, 3.63) is 71.8 Å². The van der Waals surface area contributed by atoms with Gasteiger partial charge < -0.3 is 0 Å². The van der Waals surface area contributed by atoms with E-state index < -0.39 is 10.0 Å². The number of unbranched alkanes of at least 4 members (excludes halogenated alkanes) is 2. The predicted octanol–water partition coefficient (Wildman–Crippen LogP) is 4.86. The Balaban J connectivity index is 1.99. The van der Waals surface area contributed by atoms with Crippen LogP contribution in [0.4, 0.5) is 5.69 Å². The topological polar surface area (TPSA) is 37.4 Å².